The minimum absolute atomic E-state index is 0.172. The maximum Gasteiger partial charge on any atom is 0.325 e. The lowest BCUT2D eigenvalue weighted by atomic mass is 9.94. The zero-order valence-electron chi connectivity index (χ0n) is 11.6. The Kier molecular flexibility index (Phi) is 4.35. The van der Waals surface area contributed by atoms with E-state index >= 15 is 0 Å². The van der Waals surface area contributed by atoms with E-state index < -0.39 is 12.0 Å². The number of carboxylic acid groups (broad SMARTS) is 1. The van der Waals surface area contributed by atoms with Crippen LogP contribution in [0.15, 0.2) is 16.6 Å². The number of halogens is 1. The van der Waals surface area contributed by atoms with Crippen molar-refractivity contribution in [1.29, 1.82) is 0 Å². The van der Waals surface area contributed by atoms with E-state index in [1.165, 1.54) is 6.42 Å². The maximum absolute atomic E-state index is 11.6. The lowest BCUT2D eigenvalue weighted by Gasteiger charge is -2.27. The lowest BCUT2D eigenvalue weighted by molar-refractivity contribution is -0.140. The van der Waals surface area contributed by atoms with E-state index in [1.54, 1.807) is 12.1 Å². The topological polar surface area (TPSA) is 67.8 Å². The van der Waals surface area contributed by atoms with Gasteiger partial charge in [0, 0.05) is 6.04 Å². The molecule has 2 N–H and O–H groups in total. The highest BCUT2D eigenvalue weighted by Gasteiger charge is 2.27. The Morgan fingerprint density at radius 2 is 2.05 bits per heavy atom. The van der Waals surface area contributed by atoms with Crippen LogP contribution in [-0.4, -0.2) is 23.9 Å². The fraction of sp³-hybridized carbons (Fsp3) is 0.533. The molecule has 1 aromatic carbocycles. The van der Waals surface area contributed by atoms with E-state index in [0.29, 0.717) is 17.1 Å². The van der Waals surface area contributed by atoms with Gasteiger partial charge in [-0.3, -0.25) is 10.1 Å². The number of benzene rings is 1. The minimum Gasteiger partial charge on any atom is -0.480 e. The smallest absolute Gasteiger partial charge is 0.325 e. The Labute approximate surface area is 131 Å². The molecule has 21 heavy (non-hydrogen) atoms. The summed E-state index contributed by atoms with van der Waals surface area (Å²) in [4.78, 5) is 11.6. The number of rotatable bonds is 4. The van der Waals surface area contributed by atoms with Crippen LogP contribution >= 0.6 is 15.9 Å². The number of ether oxygens (including phenoxy) is 2. The standard InChI is InChI=1S/C15H18BrNO4/c16-11-6-9(7-12-14(11)21-8-20-12)13(15(18)19)17-10-4-2-1-3-5-10/h6-7,10,13,17H,1-5,8H2,(H,18,19). The van der Waals surface area contributed by atoms with Gasteiger partial charge >= 0.3 is 5.97 Å². The van der Waals surface area contributed by atoms with E-state index in [4.69, 9.17) is 9.47 Å². The number of nitrogens with one attached hydrogen (secondary N) is 1. The second-order valence-electron chi connectivity index (χ2n) is 5.51. The molecular formula is C15H18BrNO4. The van der Waals surface area contributed by atoms with Gasteiger partial charge in [0.1, 0.15) is 6.04 Å². The molecule has 2 aliphatic rings. The van der Waals surface area contributed by atoms with E-state index in [0.717, 1.165) is 30.2 Å². The fourth-order valence-electron chi connectivity index (χ4n) is 2.97. The van der Waals surface area contributed by atoms with E-state index in [-0.39, 0.29) is 12.8 Å². The van der Waals surface area contributed by atoms with E-state index in [9.17, 15) is 9.90 Å². The largest absolute Gasteiger partial charge is 0.480 e. The molecule has 3 rings (SSSR count). The number of carboxylic acids is 1. The number of hydrogen-bond acceptors (Lipinski definition) is 4. The molecule has 0 aromatic heterocycles. The van der Waals surface area contributed by atoms with Crippen LogP contribution in [0.3, 0.4) is 0 Å². The monoisotopic (exact) mass is 355 g/mol. The Morgan fingerprint density at radius 3 is 2.76 bits per heavy atom. The molecule has 0 bridgehead atoms. The van der Waals surface area contributed by atoms with E-state index in [2.05, 4.69) is 21.2 Å². The van der Waals surface area contributed by atoms with Gasteiger partial charge in [0.25, 0.3) is 0 Å². The third-order valence-corrected chi connectivity index (χ3v) is 4.63. The van der Waals surface area contributed by atoms with Gasteiger partial charge in [-0.2, -0.15) is 0 Å². The Morgan fingerprint density at radius 1 is 1.29 bits per heavy atom. The van der Waals surface area contributed by atoms with Crippen molar-refractivity contribution in [3.63, 3.8) is 0 Å². The quantitative estimate of drug-likeness (QED) is 0.867. The molecule has 1 saturated carbocycles. The zero-order chi connectivity index (χ0) is 14.8. The predicted octanol–water partition coefficient (Wildman–Crippen LogP) is 3.23. The summed E-state index contributed by atoms with van der Waals surface area (Å²) < 4.78 is 11.4. The summed E-state index contributed by atoms with van der Waals surface area (Å²) in [6.07, 6.45) is 5.64. The fourth-order valence-corrected chi connectivity index (χ4v) is 3.54. The molecule has 1 unspecified atom stereocenters. The number of aliphatic carboxylic acids is 1. The molecule has 0 spiro atoms. The van der Waals surface area contributed by atoms with Crippen LogP contribution in [-0.2, 0) is 4.79 Å². The van der Waals surface area contributed by atoms with Gasteiger partial charge in [-0.05, 0) is 46.5 Å². The SMILES string of the molecule is O=C(O)C(NC1CCCCC1)c1cc(Br)c2c(c1)OCO2. The Balaban J connectivity index is 1.83. The summed E-state index contributed by atoms with van der Waals surface area (Å²) in [6, 6.07) is 3.09. The maximum atomic E-state index is 11.6. The molecular weight excluding hydrogens is 338 g/mol. The van der Waals surface area contributed by atoms with Crippen LogP contribution in [0.5, 0.6) is 11.5 Å². The van der Waals surface area contributed by atoms with Gasteiger partial charge in [0.05, 0.1) is 4.47 Å². The molecule has 6 heteroatoms. The number of hydrogen-bond donors (Lipinski definition) is 2. The second kappa shape index (κ2) is 6.23. The molecule has 0 radical (unpaired) electrons. The molecule has 1 heterocycles. The minimum atomic E-state index is -0.869. The van der Waals surface area contributed by atoms with Gasteiger partial charge in [-0.15, -0.1) is 0 Å². The van der Waals surface area contributed by atoms with Crippen LogP contribution in [0.25, 0.3) is 0 Å². The van der Waals surface area contributed by atoms with Crippen molar-refractivity contribution in [3.05, 3.63) is 22.2 Å². The van der Waals surface area contributed by atoms with Crippen LogP contribution < -0.4 is 14.8 Å². The average molecular weight is 356 g/mol. The lowest BCUT2D eigenvalue weighted by Crippen LogP contribution is -2.38. The van der Waals surface area contributed by atoms with Crippen molar-refractivity contribution in [2.75, 3.05) is 6.79 Å². The molecule has 0 saturated heterocycles. The van der Waals surface area contributed by atoms with Crippen molar-refractivity contribution in [1.82, 2.24) is 5.32 Å². The van der Waals surface area contributed by atoms with Crippen molar-refractivity contribution < 1.29 is 19.4 Å². The summed E-state index contributed by atoms with van der Waals surface area (Å²) in [5.41, 5.74) is 0.684. The molecule has 114 valence electrons. The summed E-state index contributed by atoms with van der Waals surface area (Å²) in [6.45, 7) is 0.172. The van der Waals surface area contributed by atoms with Crippen LogP contribution in [0.4, 0.5) is 0 Å². The average Bonchev–Trinajstić information content (AvgIpc) is 2.94. The Hall–Kier alpha value is -1.27. The predicted molar refractivity (Wildman–Crippen MR) is 80.7 cm³/mol. The molecule has 1 aromatic rings. The molecule has 1 fully saturated rings. The summed E-state index contributed by atoms with van der Waals surface area (Å²) in [5, 5.41) is 12.8. The van der Waals surface area contributed by atoms with Crippen molar-refractivity contribution in [3.8, 4) is 11.5 Å². The van der Waals surface area contributed by atoms with Crippen LogP contribution in [0.2, 0.25) is 0 Å². The highest BCUT2D eigenvalue weighted by molar-refractivity contribution is 9.10. The highest BCUT2D eigenvalue weighted by Crippen LogP contribution is 2.41. The second-order valence-corrected chi connectivity index (χ2v) is 6.36. The first-order valence-electron chi connectivity index (χ1n) is 7.23. The molecule has 5 nitrogen and oxygen atoms in total. The molecule has 1 aliphatic carbocycles. The first-order chi connectivity index (χ1) is 10.1. The van der Waals surface area contributed by atoms with Crippen molar-refractivity contribution in [2.45, 2.75) is 44.2 Å². The van der Waals surface area contributed by atoms with E-state index in [1.807, 2.05) is 0 Å². The number of carbonyl (C=O) groups is 1. The van der Waals surface area contributed by atoms with Gasteiger partial charge in [0.2, 0.25) is 6.79 Å². The third kappa shape index (κ3) is 3.16. The van der Waals surface area contributed by atoms with Gasteiger partial charge in [0.15, 0.2) is 11.5 Å². The van der Waals surface area contributed by atoms with Crippen LogP contribution in [0, 0.1) is 0 Å². The normalized spacial score (nSPS) is 19.5. The molecule has 1 atom stereocenters. The first-order valence-corrected chi connectivity index (χ1v) is 8.02. The van der Waals surface area contributed by atoms with Crippen LogP contribution in [0.1, 0.15) is 43.7 Å². The molecule has 1 aliphatic heterocycles. The third-order valence-electron chi connectivity index (χ3n) is 4.04. The summed E-state index contributed by atoms with van der Waals surface area (Å²) in [5.74, 6) is 0.364. The summed E-state index contributed by atoms with van der Waals surface area (Å²) >= 11 is 3.42. The molecule has 0 amide bonds. The first kappa shape index (κ1) is 14.7. The number of fused-ring (bicyclic) bond motifs is 1. The zero-order valence-corrected chi connectivity index (χ0v) is 13.2. The van der Waals surface area contributed by atoms with Crippen molar-refractivity contribution in [2.24, 2.45) is 0 Å². The van der Waals surface area contributed by atoms with Gasteiger partial charge < -0.3 is 14.6 Å². The van der Waals surface area contributed by atoms with Gasteiger partial charge in [-0.1, -0.05) is 19.3 Å². The highest BCUT2D eigenvalue weighted by atomic mass is 79.9. The van der Waals surface area contributed by atoms with Gasteiger partial charge in [-0.25, -0.2) is 0 Å². The van der Waals surface area contributed by atoms with Crippen molar-refractivity contribution >= 4 is 21.9 Å². The summed E-state index contributed by atoms with van der Waals surface area (Å²) in [7, 11) is 0. The Bertz CT molecular complexity index is 543.